The third-order valence-corrected chi connectivity index (χ3v) is 4.17. The van der Waals surface area contributed by atoms with E-state index in [1.54, 1.807) is 18.2 Å². The third-order valence-electron chi connectivity index (χ3n) is 4.17. The average Bonchev–Trinajstić information content (AvgIpc) is 2.67. The van der Waals surface area contributed by atoms with E-state index in [-0.39, 0.29) is 18.6 Å². The summed E-state index contributed by atoms with van der Waals surface area (Å²) in [5.74, 6) is -0.798. The van der Waals surface area contributed by atoms with Crippen molar-refractivity contribution in [2.24, 2.45) is 0 Å². The lowest BCUT2D eigenvalue weighted by molar-refractivity contribution is -0.140. The van der Waals surface area contributed by atoms with Gasteiger partial charge in [-0.25, -0.2) is 4.79 Å². The molecule has 29 heavy (non-hydrogen) atoms. The molecule has 1 atom stereocenters. The predicted molar refractivity (Wildman–Crippen MR) is 112 cm³/mol. The van der Waals surface area contributed by atoms with Gasteiger partial charge in [0.2, 0.25) is 0 Å². The van der Waals surface area contributed by atoms with Gasteiger partial charge < -0.3 is 19.9 Å². The smallest absolute Gasteiger partial charge is 0.326 e. The maximum atomic E-state index is 12.7. The Balaban J connectivity index is 2.15. The predicted octanol–water partition coefficient (Wildman–Crippen LogP) is 4.14. The Morgan fingerprint density at radius 1 is 1.10 bits per heavy atom. The van der Waals surface area contributed by atoms with Crippen LogP contribution in [0, 0.1) is 0 Å². The third kappa shape index (κ3) is 6.91. The second kappa shape index (κ2) is 10.1. The normalized spacial score (nSPS) is 12.3. The number of carboxylic acid groups (broad SMARTS) is 1. The Kier molecular flexibility index (Phi) is 7.79. The molecule has 0 aliphatic rings. The first-order valence-electron chi connectivity index (χ1n) is 9.71. The van der Waals surface area contributed by atoms with Gasteiger partial charge in [0.25, 0.3) is 5.91 Å². The Hall–Kier alpha value is -2.86. The Morgan fingerprint density at radius 2 is 1.83 bits per heavy atom. The lowest BCUT2D eigenvalue weighted by Gasteiger charge is -2.21. The molecular formula is C23H29NO5. The van der Waals surface area contributed by atoms with Crippen LogP contribution in [0.4, 0.5) is 0 Å². The molecule has 0 aromatic heterocycles. The van der Waals surface area contributed by atoms with Crippen LogP contribution in [0.2, 0.25) is 0 Å². The standard InChI is InChI=1S/C23H29NO5/c1-5-28-20-12-7-6-11-18(20)16-9-8-10-17(15-16)21(25)24-19(22(26)27)13-14-29-23(2,3)4/h6-12,15,19H,5,13-14H2,1-4H3,(H,24,25)(H,26,27). The first-order chi connectivity index (χ1) is 13.7. The SMILES string of the molecule is CCOc1ccccc1-c1cccc(C(=O)NC(CCOC(C)(C)C)C(=O)O)c1. The monoisotopic (exact) mass is 399 g/mol. The van der Waals surface area contributed by atoms with E-state index < -0.39 is 17.9 Å². The lowest BCUT2D eigenvalue weighted by atomic mass is 10.0. The molecule has 0 spiro atoms. The van der Waals surface area contributed by atoms with Crippen LogP contribution in [0.1, 0.15) is 44.5 Å². The Bertz CT molecular complexity index is 841. The van der Waals surface area contributed by atoms with Crippen LogP contribution in [0.15, 0.2) is 48.5 Å². The van der Waals surface area contributed by atoms with Crippen LogP contribution in [-0.2, 0) is 9.53 Å². The molecule has 0 fully saturated rings. The van der Waals surface area contributed by atoms with Crippen molar-refractivity contribution >= 4 is 11.9 Å². The van der Waals surface area contributed by atoms with Crippen LogP contribution in [0.3, 0.4) is 0 Å². The summed E-state index contributed by atoms with van der Waals surface area (Å²) in [6.07, 6.45) is 0.186. The second-order valence-electron chi connectivity index (χ2n) is 7.62. The zero-order valence-electron chi connectivity index (χ0n) is 17.4. The number of carbonyl (C=O) groups is 2. The van der Waals surface area contributed by atoms with Crippen LogP contribution in [-0.4, -0.2) is 41.8 Å². The highest BCUT2D eigenvalue weighted by atomic mass is 16.5. The molecule has 2 N–H and O–H groups in total. The van der Waals surface area contributed by atoms with Crippen LogP contribution < -0.4 is 10.1 Å². The van der Waals surface area contributed by atoms with Crippen molar-refractivity contribution < 1.29 is 24.2 Å². The van der Waals surface area contributed by atoms with Crippen molar-refractivity contribution in [3.63, 3.8) is 0 Å². The largest absolute Gasteiger partial charge is 0.493 e. The fourth-order valence-electron chi connectivity index (χ4n) is 2.80. The van der Waals surface area contributed by atoms with Gasteiger partial charge in [-0.2, -0.15) is 0 Å². The number of hydrogen-bond donors (Lipinski definition) is 2. The first kappa shape index (κ1) is 22.4. The molecular weight excluding hydrogens is 370 g/mol. The number of rotatable bonds is 9. The molecule has 0 bridgehead atoms. The van der Waals surface area contributed by atoms with Gasteiger partial charge in [0.05, 0.1) is 12.2 Å². The fraction of sp³-hybridized carbons (Fsp3) is 0.391. The molecule has 1 unspecified atom stereocenters. The van der Waals surface area contributed by atoms with Crippen molar-refractivity contribution in [2.45, 2.75) is 45.8 Å². The van der Waals surface area contributed by atoms with Crippen molar-refractivity contribution in [3.05, 3.63) is 54.1 Å². The summed E-state index contributed by atoms with van der Waals surface area (Å²) in [5.41, 5.74) is 1.72. The summed E-state index contributed by atoms with van der Waals surface area (Å²) in [7, 11) is 0. The first-order valence-corrected chi connectivity index (χ1v) is 9.71. The van der Waals surface area contributed by atoms with E-state index in [1.807, 2.05) is 58.0 Å². The number of hydrogen-bond acceptors (Lipinski definition) is 4. The number of carbonyl (C=O) groups excluding carboxylic acids is 1. The quantitative estimate of drug-likeness (QED) is 0.662. The van der Waals surface area contributed by atoms with Gasteiger partial charge in [0.15, 0.2) is 0 Å². The van der Waals surface area contributed by atoms with E-state index in [0.29, 0.717) is 12.2 Å². The van der Waals surface area contributed by atoms with E-state index in [9.17, 15) is 14.7 Å². The maximum Gasteiger partial charge on any atom is 0.326 e. The van der Waals surface area contributed by atoms with Crippen molar-refractivity contribution in [1.29, 1.82) is 0 Å². The summed E-state index contributed by atoms with van der Waals surface area (Å²) in [6.45, 7) is 8.37. The number of ether oxygens (including phenoxy) is 2. The van der Waals surface area contributed by atoms with E-state index in [2.05, 4.69) is 5.32 Å². The number of nitrogens with one attached hydrogen (secondary N) is 1. The zero-order valence-corrected chi connectivity index (χ0v) is 17.4. The molecule has 2 aromatic rings. The molecule has 0 saturated heterocycles. The number of carboxylic acids is 1. The lowest BCUT2D eigenvalue weighted by Crippen LogP contribution is -2.42. The molecule has 0 saturated carbocycles. The molecule has 0 radical (unpaired) electrons. The van der Waals surface area contributed by atoms with Gasteiger partial charge in [-0.3, -0.25) is 4.79 Å². The van der Waals surface area contributed by atoms with Gasteiger partial charge in [-0.05, 0) is 51.5 Å². The van der Waals surface area contributed by atoms with Gasteiger partial charge >= 0.3 is 5.97 Å². The van der Waals surface area contributed by atoms with Crippen LogP contribution in [0.25, 0.3) is 11.1 Å². The fourth-order valence-corrected chi connectivity index (χ4v) is 2.80. The van der Waals surface area contributed by atoms with Crippen LogP contribution in [0.5, 0.6) is 5.75 Å². The van der Waals surface area contributed by atoms with E-state index in [1.165, 1.54) is 0 Å². The molecule has 0 heterocycles. The summed E-state index contributed by atoms with van der Waals surface area (Å²) < 4.78 is 11.2. The molecule has 0 aliphatic carbocycles. The molecule has 2 aromatic carbocycles. The second-order valence-corrected chi connectivity index (χ2v) is 7.62. The highest BCUT2D eigenvalue weighted by molar-refractivity contribution is 5.97. The van der Waals surface area contributed by atoms with Crippen LogP contribution >= 0.6 is 0 Å². The Morgan fingerprint density at radius 3 is 2.48 bits per heavy atom. The average molecular weight is 399 g/mol. The van der Waals surface area contributed by atoms with Gasteiger partial charge in [0.1, 0.15) is 11.8 Å². The molecule has 1 amide bonds. The Labute approximate surface area is 171 Å². The number of aliphatic carboxylic acids is 1. The minimum atomic E-state index is -1.09. The van der Waals surface area contributed by atoms with Gasteiger partial charge in [-0.1, -0.05) is 30.3 Å². The zero-order chi connectivity index (χ0) is 21.4. The van der Waals surface area contributed by atoms with E-state index in [4.69, 9.17) is 9.47 Å². The van der Waals surface area contributed by atoms with Gasteiger partial charge in [-0.15, -0.1) is 0 Å². The highest BCUT2D eigenvalue weighted by Gasteiger charge is 2.22. The topological polar surface area (TPSA) is 84.9 Å². The minimum absolute atomic E-state index is 0.186. The number of benzene rings is 2. The number of amides is 1. The minimum Gasteiger partial charge on any atom is -0.493 e. The maximum absolute atomic E-state index is 12.7. The van der Waals surface area contributed by atoms with E-state index in [0.717, 1.165) is 16.9 Å². The summed E-state index contributed by atoms with van der Waals surface area (Å²) in [5, 5.41) is 12.0. The number of para-hydroxylation sites is 1. The van der Waals surface area contributed by atoms with Crippen molar-refractivity contribution in [2.75, 3.05) is 13.2 Å². The molecule has 156 valence electrons. The summed E-state index contributed by atoms with van der Waals surface area (Å²) in [6, 6.07) is 13.6. The van der Waals surface area contributed by atoms with Crippen molar-refractivity contribution in [1.82, 2.24) is 5.32 Å². The summed E-state index contributed by atoms with van der Waals surface area (Å²) >= 11 is 0. The van der Waals surface area contributed by atoms with Gasteiger partial charge in [0, 0.05) is 24.2 Å². The molecule has 0 aliphatic heterocycles. The molecule has 6 nitrogen and oxygen atoms in total. The summed E-state index contributed by atoms with van der Waals surface area (Å²) in [4.78, 5) is 24.2. The molecule has 2 rings (SSSR count). The van der Waals surface area contributed by atoms with E-state index >= 15 is 0 Å². The van der Waals surface area contributed by atoms with Crippen molar-refractivity contribution in [3.8, 4) is 16.9 Å². The molecule has 6 heteroatoms. The highest BCUT2D eigenvalue weighted by Crippen LogP contribution is 2.30.